The third kappa shape index (κ3) is 7.03. The molecule has 3 aromatic heterocycles. The fraction of sp³-hybridized carbons (Fsp3) is 0.200. The van der Waals surface area contributed by atoms with Crippen LogP contribution in [-0.2, 0) is 20.1 Å². The molecule has 229 valence electrons. The van der Waals surface area contributed by atoms with Crippen LogP contribution in [0.25, 0.3) is 53.5 Å². The number of rotatable bonds is 4. The van der Waals surface area contributed by atoms with E-state index >= 15 is 0 Å². The Hall–Kier alpha value is -3.47. The van der Waals surface area contributed by atoms with Crippen molar-refractivity contribution >= 4 is 55.5 Å². The summed E-state index contributed by atoms with van der Waals surface area (Å²) in [5, 5.41) is 6.51. The molecule has 0 saturated carbocycles. The molecule has 0 fully saturated rings. The molecule has 7 rings (SSSR count). The molecule has 0 amide bonds. The summed E-state index contributed by atoms with van der Waals surface area (Å²) in [4.78, 5) is 9.18. The first-order valence-corrected chi connectivity index (χ1v) is 19.4. The zero-order chi connectivity index (χ0) is 31.9. The summed E-state index contributed by atoms with van der Waals surface area (Å²) in [6.45, 7) is 15.2. The summed E-state index contributed by atoms with van der Waals surface area (Å²) >= 11 is 1.80. The number of nitrogens with zero attached hydrogens (tertiary/aromatic N) is 2. The monoisotopic (exact) mass is 800 g/mol. The molecule has 7 aromatic rings. The Balaban J connectivity index is 0.000000200. The SMILES string of the molecule is Cc1cc(-c2[c-]cccc2)ncc1[Si](C)(C)C.[2H]C(C)(C)c1ccnc(-c2[c-]ccc3c2sc2cc4ccc(C)cc4cc23)c1.[Ir]. The standard InChI is InChI=1S/C25H20NS.C15H18NSi.Ir/c1-15(2)17-9-10-26-23(13-17)21-6-4-5-20-22-12-19-11-16(3)7-8-18(19)14-24(22)27-25(20)21;1-12-10-14(13-8-6-5-7-9-13)16-11-15(12)17(2,3)4;/h4-5,7-15H,1-3H3;5-8,10-11H,1-4H3;/q2*-1;/i15D;;. The number of aryl methyl sites for hydroxylation is 2. The van der Waals surface area contributed by atoms with Crippen molar-refractivity contribution in [2.24, 2.45) is 0 Å². The quantitative estimate of drug-likeness (QED) is 0.131. The molecular formula is C40H38IrN2SSi-2. The van der Waals surface area contributed by atoms with Crippen LogP contribution in [0.1, 0.15) is 37.8 Å². The second kappa shape index (κ2) is 13.5. The number of hydrogen-bond acceptors (Lipinski definition) is 3. The van der Waals surface area contributed by atoms with Crippen molar-refractivity contribution in [2.75, 3.05) is 0 Å². The number of pyridine rings is 2. The van der Waals surface area contributed by atoms with Gasteiger partial charge in [0.2, 0.25) is 0 Å². The van der Waals surface area contributed by atoms with Crippen molar-refractivity contribution in [1.82, 2.24) is 9.97 Å². The van der Waals surface area contributed by atoms with Gasteiger partial charge in [0.1, 0.15) is 0 Å². The molecular weight excluding hydrogens is 761 g/mol. The number of fused-ring (bicyclic) bond motifs is 4. The van der Waals surface area contributed by atoms with E-state index in [1.807, 2.05) is 50.2 Å². The number of hydrogen-bond donors (Lipinski definition) is 0. The maximum absolute atomic E-state index is 8.35. The third-order valence-electron chi connectivity index (χ3n) is 8.04. The molecule has 0 aliphatic carbocycles. The van der Waals surface area contributed by atoms with Gasteiger partial charge in [0.15, 0.2) is 0 Å². The summed E-state index contributed by atoms with van der Waals surface area (Å²) in [5.41, 5.74) is 7.58. The first-order chi connectivity index (χ1) is 21.4. The minimum absolute atomic E-state index is 0. The second-order valence-corrected chi connectivity index (χ2v) is 18.8. The van der Waals surface area contributed by atoms with Crippen LogP contribution >= 0.6 is 11.3 Å². The maximum atomic E-state index is 8.35. The van der Waals surface area contributed by atoms with Crippen molar-refractivity contribution in [3.05, 3.63) is 126 Å². The zero-order valence-electron chi connectivity index (χ0n) is 27.9. The van der Waals surface area contributed by atoms with Crippen LogP contribution in [0.5, 0.6) is 0 Å². The Bertz CT molecular complexity index is 2160. The Labute approximate surface area is 287 Å². The van der Waals surface area contributed by atoms with Crippen molar-refractivity contribution in [3.8, 4) is 22.5 Å². The molecule has 2 nitrogen and oxygen atoms in total. The van der Waals surface area contributed by atoms with Crippen molar-refractivity contribution in [1.29, 1.82) is 0 Å². The van der Waals surface area contributed by atoms with E-state index in [4.69, 9.17) is 1.37 Å². The predicted octanol–water partition coefficient (Wildman–Crippen LogP) is 10.9. The van der Waals surface area contributed by atoms with E-state index in [1.54, 1.807) is 17.5 Å². The predicted molar refractivity (Wildman–Crippen MR) is 194 cm³/mol. The topological polar surface area (TPSA) is 25.8 Å². The Morgan fingerprint density at radius 2 is 1.62 bits per heavy atom. The van der Waals surface area contributed by atoms with Gasteiger partial charge in [-0.15, -0.1) is 59.7 Å². The van der Waals surface area contributed by atoms with Gasteiger partial charge < -0.3 is 9.97 Å². The normalized spacial score (nSPS) is 12.0. The Kier molecular flexibility index (Phi) is 9.44. The molecule has 1 radical (unpaired) electrons. The third-order valence-corrected chi connectivity index (χ3v) is 11.4. The molecule has 0 saturated heterocycles. The van der Waals surface area contributed by atoms with Crippen LogP contribution in [0.15, 0.2) is 97.3 Å². The van der Waals surface area contributed by atoms with E-state index in [2.05, 4.69) is 110 Å². The smallest absolute Gasteiger partial charge is 0.0798 e. The van der Waals surface area contributed by atoms with E-state index in [0.29, 0.717) is 0 Å². The summed E-state index contributed by atoms with van der Waals surface area (Å²) in [6.07, 6.45) is 3.86. The molecule has 0 aliphatic heterocycles. The Morgan fingerprint density at radius 1 is 0.800 bits per heavy atom. The van der Waals surface area contributed by atoms with Crippen LogP contribution in [0.3, 0.4) is 0 Å². The average molecular weight is 800 g/mol. The minimum Gasteiger partial charge on any atom is -0.305 e. The number of thiophene rings is 1. The van der Waals surface area contributed by atoms with E-state index in [0.717, 1.165) is 28.1 Å². The van der Waals surface area contributed by atoms with Gasteiger partial charge in [-0.3, -0.25) is 0 Å². The fourth-order valence-corrected chi connectivity index (χ4v) is 8.66. The van der Waals surface area contributed by atoms with E-state index in [1.165, 1.54) is 47.3 Å². The first-order valence-electron chi connectivity index (χ1n) is 15.6. The minimum atomic E-state index is -1.27. The van der Waals surface area contributed by atoms with Gasteiger partial charge in [-0.25, -0.2) is 0 Å². The summed E-state index contributed by atoms with van der Waals surface area (Å²) in [5.74, 6) is -0.651. The first kappa shape index (κ1) is 31.5. The van der Waals surface area contributed by atoms with Crippen LogP contribution in [-0.4, -0.2) is 18.0 Å². The number of benzene rings is 4. The molecule has 0 spiro atoms. The van der Waals surface area contributed by atoms with E-state index in [-0.39, 0.29) is 20.1 Å². The molecule has 5 heteroatoms. The van der Waals surface area contributed by atoms with Gasteiger partial charge >= 0.3 is 0 Å². The molecule has 0 N–H and O–H groups in total. The fourth-order valence-electron chi connectivity index (χ4n) is 5.71. The Morgan fingerprint density at radius 3 is 2.33 bits per heavy atom. The van der Waals surface area contributed by atoms with Crippen LogP contribution in [0.2, 0.25) is 19.6 Å². The summed E-state index contributed by atoms with van der Waals surface area (Å²) in [6, 6.07) is 36.1. The molecule has 3 heterocycles. The van der Waals surface area contributed by atoms with Crippen LogP contribution in [0.4, 0.5) is 0 Å². The van der Waals surface area contributed by atoms with Gasteiger partial charge in [0.25, 0.3) is 0 Å². The second-order valence-electron chi connectivity index (χ2n) is 12.7. The molecule has 0 atom stereocenters. The maximum Gasteiger partial charge on any atom is 0.0798 e. The van der Waals surface area contributed by atoms with Crippen LogP contribution in [0, 0.1) is 26.0 Å². The molecule has 4 aromatic carbocycles. The number of aromatic nitrogens is 2. The van der Waals surface area contributed by atoms with E-state index in [9.17, 15) is 0 Å². The van der Waals surface area contributed by atoms with Gasteiger partial charge in [-0.1, -0.05) is 85.9 Å². The van der Waals surface area contributed by atoms with Gasteiger partial charge in [-0.05, 0) is 75.4 Å². The van der Waals surface area contributed by atoms with Gasteiger partial charge in [0.05, 0.1) is 8.07 Å². The molecule has 0 aliphatic rings. The summed E-state index contributed by atoms with van der Waals surface area (Å²) in [7, 11) is -1.27. The van der Waals surface area contributed by atoms with E-state index < -0.39 is 14.0 Å². The molecule has 0 unspecified atom stereocenters. The zero-order valence-corrected chi connectivity index (χ0v) is 31.1. The van der Waals surface area contributed by atoms with Gasteiger partial charge in [-0.2, -0.15) is 11.3 Å². The summed E-state index contributed by atoms with van der Waals surface area (Å²) < 4.78 is 10.8. The van der Waals surface area contributed by atoms with Crippen molar-refractivity contribution in [3.63, 3.8) is 0 Å². The van der Waals surface area contributed by atoms with Gasteiger partial charge in [0, 0.05) is 38.6 Å². The van der Waals surface area contributed by atoms with Crippen molar-refractivity contribution < 1.29 is 21.5 Å². The van der Waals surface area contributed by atoms with Crippen molar-refractivity contribution in [2.45, 2.75) is 53.2 Å². The van der Waals surface area contributed by atoms with Crippen LogP contribution < -0.4 is 5.19 Å². The molecule has 0 bridgehead atoms. The molecule has 45 heavy (non-hydrogen) atoms. The average Bonchev–Trinajstić information content (AvgIpc) is 3.37. The largest absolute Gasteiger partial charge is 0.305 e.